The van der Waals surface area contributed by atoms with Crippen LogP contribution in [0.2, 0.25) is 5.02 Å². The van der Waals surface area contributed by atoms with Crippen LogP contribution in [0.3, 0.4) is 0 Å². The molecule has 8 nitrogen and oxygen atoms in total. The summed E-state index contributed by atoms with van der Waals surface area (Å²) in [5, 5.41) is 9.85. The van der Waals surface area contributed by atoms with Gasteiger partial charge in [0.15, 0.2) is 0 Å². The molecule has 13 heteroatoms. The molecule has 180 valence electrons. The van der Waals surface area contributed by atoms with Crippen LogP contribution < -0.4 is 16.2 Å². The maximum atomic E-state index is 13.4. The largest absolute Gasteiger partial charge is 0.416 e. The summed E-state index contributed by atoms with van der Waals surface area (Å²) >= 11 is 9.20. The Balaban J connectivity index is 1.52. The van der Waals surface area contributed by atoms with Crippen LogP contribution in [0.15, 0.2) is 27.7 Å². The molecule has 2 N–H and O–H groups in total. The summed E-state index contributed by atoms with van der Waals surface area (Å²) in [5.41, 5.74) is 0.0540. The highest BCUT2D eigenvalue weighted by molar-refractivity contribution is 9.10. The average molecular weight is 560 g/mol. The Morgan fingerprint density at radius 1 is 1.26 bits per heavy atom. The lowest BCUT2D eigenvalue weighted by atomic mass is 9.75. The van der Waals surface area contributed by atoms with Gasteiger partial charge in [0.05, 0.1) is 16.3 Å². The molecule has 1 aromatic carbocycles. The van der Waals surface area contributed by atoms with Crippen molar-refractivity contribution in [1.29, 1.82) is 0 Å². The summed E-state index contributed by atoms with van der Waals surface area (Å²) in [6.07, 6.45) is -1.52. The second-order valence-electron chi connectivity index (χ2n) is 8.58. The van der Waals surface area contributed by atoms with Crippen molar-refractivity contribution in [1.82, 2.24) is 24.5 Å². The molecule has 0 radical (unpaired) electrons. The van der Waals surface area contributed by atoms with Crippen molar-refractivity contribution in [3.8, 4) is 0 Å². The molecule has 3 heterocycles. The van der Waals surface area contributed by atoms with Crippen molar-refractivity contribution in [2.45, 2.75) is 43.8 Å². The van der Waals surface area contributed by atoms with E-state index in [1.54, 1.807) is 4.57 Å². The Hall–Kier alpha value is -2.44. The fourth-order valence-corrected chi connectivity index (χ4v) is 5.59. The quantitative estimate of drug-likeness (QED) is 0.512. The molecule has 3 aromatic rings. The lowest BCUT2D eigenvalue weighted by Gasteiger charge is -2.34. The van der Waals surface area contributed by atoms with Gasteiger partial charge in [-0.15, -0.1) is 5.10 Å². The topological polar surface area (TPSA) is 93.3 Å². The molecule has 1 aliphatic heterocycles. The number of rotatable bonds is 3. The van der Waals surface area contributed by atoms with E-state index in [1.807, 2.05) is 0 Å². The zero-order valence-corrected chi connectivity index (χ0v) is 20.0. The van der Waals surface area contributed by atoms with Gasteiger partial charge in [-0.1, -0.05) is 11.6 Å². The number of amides is 1. The highest BCUT2D eigenvalue weighted by atomic mass is 79.9. The summed E-state index contributed by atoms with van der Waals surface area (Å²) in [5.74, 6) is -0.296. The minimum Gasteiger partial charge on any atom is -0.323 e. The maximum absolute atomic E-state index is 13.4. The zero-order chi connectivity index (χ0) is 24.3. The van der Waals surface area contributed by atoms with E-state index in [9.17, 15) is 22.8 Å². The van der Waals surface area contributed by atoms with Gasteiger partial charge in [-0.3, -0.25) is 9.59 Å². The number of anilines is 1. The molecule has 2 aromatic heterocycles. The first-order valence-electron chi connectivity index (χ1n) is 10.6. The van der Waals surface area contributed by atoms with E-state index >= 15 is 0 Å². The highest BCUT2D eigenvalue weighted by Gasteiger charge is 2.44. The van der Waals surface area contributed by atoms with Gasteiger partial charge in [0.25, 0.3) is 5.56 Å². The monoisotopic (exact) mass is 558 g/mol. The van der Waals surface area contributed by atoms with E-state index in [1.165, 1.54) is 4.52 Å². The van der Waals surface area contributed by atoms with E-state index in [0.717, 1.165) is 56.2 Å². The van der Waals surface area contributed by atoms with Crippen molar-refractivity contribution in [3.63, 3.8) is 0 Å². The normalized spacial score (nSPS) is 17.3. The first kappa shape index (κ1) is 23.3. The number of hydrogen-bond donors (Lipinski definition) is 2. The van der Waals surface area contributed by atoms with Gasteiger partial charge >= 0.3 is 6.18 Å². The zero-order valence-electron chi connectivity index (χ0n) is 17.7. The van der Waals surface area contributed by atoms with Crippen molar-refractivity contribution < 1.29 is 18.0 Å². The predicted octanol–water partition coefficient (Wildman–Crippen LogP) is 3.53. The van der Waals surface area contributed by atoms with Crippen molar-refractivity contribution in [3.05, 3.63) is 55.1 Å². The number of fused-ring (bicyclic) bond motifs is 3. The molecule has 0 atom stereocenters. The number of halogens is 5. The highest BCUT2D eigenvalue weighted by Crippen LogP contribution is 2.43. The van der Waals surface area contributed by atoms with Crippen LogP contribution in [0.1, 0.15) is 36.1 Å². The van der Waals surface area contributed by atoms with Gasteiger partial charge in [-0.2, -0.15) is 22.7 Å². The van der Waals surface area contributed by atoms with Gasteiger partial charge in [0.2, 0.25) is 16.4 Å². The summed E-state index contributed by atoms with van der Waals surface area (Å²) in [6, 6.07) is 2.74. The molecule has 5 rings (SSSR count). The van der Waals surface area contributed by atoms with Crippen LogP contribution in [-0.2, 0) is 29.4 Å². The minimum absolute atomic E-state index is 0.0610. The lowest BCUT2D eigenvalue weighted by molar-refractivity contribution is -0.137. The molecule has 1 amide bonds. The van der Waals surface area contributed by atoms with Crippen LogP contribution in [0.5, 0.6) is 0 Å². The number of carbonyl (C=O) groups excluding carboxylic acids is 1. The Bertz CT molecular complexity index is 1360. The fraction of sp³-hybridized carbons (Fsp3) is 0.429. The lowest BCUT2D eigenvalue weighted by Crippen LogP contribution is -2.42. The number of nitrogens with zero attached hydrogens (tertiary/aromatic N) is 4. The molecule has 0 bridgehead atoms. The van der Waals surface area contributed by atoms with Crippen LogP contribution in [-0.4, -0.2) is 38.2 Å². The van der Waals surface area contributed by atoms with Crippen LogP contribution in [0, 0.1) is 0 Å². The van der Waals surface area contributed by atoms with Gasteiger partial charge < -0.3 is 15.2 Å². The van der Waals surface area contributed by atoms with Crippen molar-refractivity contribution >= 4 is 44.9 Å². The molecule has 0 unspecified atom stereocenters. The van der Waals surface area contributed by atoms with E-state index in [0.29, 0.717) is 12.0 Å². The van der Waals surface area contributed by atoms with Crippen LogP contribution >= 0.6 is 27.5 Å². The van der Waals surface area contributed by atoms with Gasteiger partial charge in [0, 0.05) is 16.7 Å². The molecule has 1 aliphatic carbocycles. The summed E-state index contributed by atoms with van der Waals surface area (Å²) in [7, 11) is 0. The minimum atomic E-state index is -4.54. The first-order valence-corrected chi connectivity index (χ1v) is 11.8. The third-order valence-electron chi connectivity index (χ3n) is 6.63. The number of alkyl halides is 3. The Kier molecular flexibility index (Phi) is 5.72. The number of piperidine rings is 1. The smallest absolute Gasteiger partial charge is 0.323 e. The number of nitrogens with one attached hydrogen (secondary N) is 2. The van der Waals surface area contributed by atoms with Gasteiger partial charge in [0.1, 0.15) is 6.54 Å². The third kappa shape index (κ3) is 3.91. The standard InChI is InChI=1S/C21H19BrClF3N6O2/c22-18-29-19-31(10-15(33)28-13-2-1-11(9-12(13)23)21(24,25)26)14-3-4-20(5-7-27-8-6-20)16(14)17(34)32(19)30-18/h1-2,9,27H,3-8,10H2,(H,28,33). The van der Waals surface area contributed by atoms with E-state index in [4.69, 9.17) is 11.6 Å². The summed E-state index contributed by atoms with van der Waals surface area (Å²) < 4.78 is 41.8. The average Bonchev–Trinajstić information content (AvgIpc) is 3.34. The molecular weight excluding hydrogens is 541 g/mol. The Labute approximate surface area is 204 Å². The molecule has 2 aliphatic rings. The molecule has 34 heavy (non-hydrogen) atoms. The first-order chi connectivity index (χ1) is 16.1. The maximum Gasteiger partial charge on any atom is 0.416 e. The Morgan fingerprint density at radius 3 is 2.68 bits per heavy atom. The summed E-state index contributed by atoms with van der Waals surface area (Å²) in [6.45, 7) is 1.39. The Morgan fingerprint density at radius 2 is 2.00 bits per heavy atom. The SMILES string of the molecule is O=C(Cn1c2c(c(=O)n3nc(Br)nc13)C1(CCNCC1)CC2)Nc1ccc(C(F)(F)F)cc1Cl. The molecule has 0 saturated carbocycles. The van der Waals surface area contributed by atoms with E-state index in [2.05, 4.69) is 36.6 Å². The van der Waals surface area contributed by atoms with Crippen LogP contribution in [0.4, 0.5) is 18.9 Å². The molecule has 1 saturated heterocycles. The summed E-state index contributed by atoms with van der Waals surface area (Å²) in [4.78, 5) is 30.6. The van der Waals surface area contributed by atoms with E-state index in [-0.39, 0.29) is 38.7 Å². The van der Waals surface area contributed by atoms with E-state index < -0.39 is 17.6 Å². The number of benzene rings is 1. The van der Waals surface area contributed by atoms with Crippen molar-refractivity contribution in [2.75, 3.05) is 18.4 Å². The third-order valence-corrected chi connectivity index (χ3v) is 7.28. The molecule has 1 spiro atoms. The molecular formula is C21H19BrClF3N6O2. The van der Waals surface area contributed by atoms with Crippen molar-refractivity contribution in [2.24, 2.45) is 0 Å². The van der Waals surface area contributed by atoms with Gasteiger partial charge in [-0.05, 0) is 72.9 Å². The van der Waals surface area contributed by atoms with Crippen LogP contribution in [0.25, 0.3) is 5.78 Å². The number of carbonyl (C=O) groups is 1. The number of hydrogen-bond acceptors (Lipinski definition) is 5. The molecule has 1 fully saturated rings. The number of aromatic nitrogens is 4. The predicted molar refractivity (Wildman–Crippen MR) is 122 cm³/mol. The fourth-order valence-electron chi connectivity index (χ4n) is 5.05. The van der Waals surface area contributed by atoms with Gasteiger partial charge in [-0.25, -0.2) is 0 Å². The second-order valence-corrected chi connectivity index (χ2v) is 9.69. The second kappa shape index (κ2) is 8.35.